The van der Waals surface area contributed by atoms with Crippen LogP contribution in [0.15, 0.2) is 12.3 Å². The fourth-order valence-electron chi connectivity index (χ4n) is 1.86. The molecule has 2 aromatic rings. The predicted molar refractivity (Wildman–Crippen MR) is 65.5 cm³/mol. The molecule has 0 amide bonds. The summed E-state index contributed by atoms with van der Waals surface area (Å²) in [6.45, 7) is 7.29. The molecule has 0 fully saturated rings. The lowest BCUT2D eigenvalue weighted by Crippen LogP contribution is -2.27. The minimum atomic E-state index is 0.437. The van der Waals surface area contributed by atoms with Crippen LogP contribution in [0, 0.1) is 6.92 Å². The number of likely N-dealkylation sites (N-methyl/N-ethyl adjacent to an activating group) is 1. The third kappa shape index (κ3) is 2.39. The van der Waals surface area contributed by atoms with E-state index in [-0.39, 0.29) is 0 Å². The van der Waals surface area contributed by atoms with Crippen LogP contribution in [-0.2, 0) is 6.42 Å². The van der Waals surface area contributed by atoms with E-state index in [1.807, 2.05) is 13.1 Å². The maximum Gasteiger partial charge on any atom is 0.177 e. The third-order valence-electron chi connectivity index (χ3n) is 2.58. The number of aryl methyl sites for hydroxylation is 1. The summed E-state index contributed by atoms with van der Waals surface area (Å²) >= 11 is 0. The lowest BCUT2D eigenvalue weighted by Gasteiger charge is -2.09. The molecule has 2 N–H and O–H groups in total. The van der Waals surface area contributed by atoms with Gasteiger partial charge in [0.1, 0.15) is 5.82 Å². The van der Waals surface area contributed by atoms with Gasteiger partial charge in [-0.3, -0.25) is 0 Å². The minimum Gasteiger partial charge on any atom is -0.341 e. The van der Waals surface area contributed by atoms with Crippen molar-refractivity contribution in [1.82, 2.24) is 20.3 Å². The predicted octanol–water partition coefficient (Wildman–Crippen LogP) is 1.81. The zero-order valence-electron chi connectivity index (χ0n) is 10.0. The van der Waals surface area contributed by atoms with Crippen molar-refractivity contribution < 1.29 is 0 Å². The molecule has 16 heavy (non-hydrogen) atoms. The molecule has 1 unspecified atom stereocenters. The summed E-state index contributed by atoms with van der Waals surface area (Å²) in [6.07, 6.45) is 2.75. The second-order valence-electron chi connectivity index (χ2n) is 4.23. The van der Waals surface area contributed by atoms with Gasteiger partial charge in [-0.1, -0.05) is 6.92 Å². The number of rotatable bonds is 4. The van der Waals surface area contributed by atoms with Crippen LogP contribution in [0.25, 0.3) is 11.2 Å². The molecule has 0 radical (unpaired) electrons. The van der Waals surface area contributed by atoms with Crippen molar-refractivity contribution in [3.8, 4) is 0 Å². The van der Waals surface area contributed by atoms with Crippen LogP contribution in [0.5, 0.6) is 0 Å². The van der Waals surface area contributed by atoms with Crippen molar-refractivity contribution in [3.63, 3.8) is 0 Å². The summed E-state index contributed by atoms with van der Waals surface area (Å²) in [7, 11) is 0. The van der Waals surface area contributed by atoms with E-state index in [0.717, 1.165) is 35.5 Å². The zero-order valence-corrected chi connectivity index (χ0v) is 10.0. The highest BCUT2D eigenvalue weighted by atomic mass is 15.0. The van der Waals surface area contributed by atoms with Gasteiger partial charge >= 0.3 is 0 Å². The highest BCUT2D eigenvalue weighted by Gasteiger charge is 2.07. The molecule has 4 heteroatoms. The highest BCUT2D eigenvalue weighted by Crippen LogP contribution is 2.11. The van der Waals surface area contributed by atoms with E-state index in [0.29, 0.717) is 6.04 Å². The first-order valence-electron chi connectivity index (χ1n) is 5.73. The number of nitrogens with one attached hydrogen (secondary N) is 2. The second-order valence-corrected chi connectivity index (χ2v) is 4.23. The molecule has 2 rings (SSSR count). The fourth-order valence-corrected chi connectivity index (χ4v) is 1.86. The Bertz CT molecular complexity index is 475. The van der Waals surface area contributed by atoms with Crippen LogP contribution in [0.2, 0.25) is 0 Å². The number of hydrogen-bond acceptors (Lipinski definition) is 3. The van der Waals surface area contributed by atoms with Gasteiger partial charge in [0.15, 0.2) is 5.65 Å². The average molecular weight is 218 g/mol. The Morgan fingerprint density at radius 3 is 3.06 bits per heavy atom. The molecule has 0 aliphatic rings. The van der Waals surface area contributed by atoms with Crippen LogP contribution in [0.3, 0.4) is 0 Å². The first kappa shape index (κ1) is 11.1. The molecular formula is C12H18N4. The Balaban J connectivity index is 2.19. The molecule has 86 valence electrons. The lowest BCUT2D eigenvalue weighted by atomic mass is 10.2. The van der Waals surface area contributed by atoms with Gasteiger partial charge in [0.05, 0.1) is 5.52 Å². The van der Waals surface area contributed by atoms with Crippen molar-refractivity contribution in [2.75, 3.05) is 6.54 Å². The summed E-state index contributed by atoms with van der Waals surface area (Å²) in [5, 5.41) is 3.37. The topological polar surface area (TPSA) is 53.6 Å². The lowest BCUT2D eigenvalue weighted by molar-refractivity contribution is 0.555. The highest BCUT2D eigenvalue weighted by molar-refractivity contribution is 5.70. The normalized spacial score (nSPS) is 13.2. The summed E-state index contributed by atoms with van der Waals surface area (Å²) in [6, 6.07) is 2.52. The number of fused-ring (bicyclic) bond motifs is 1. The van der Waals surface area contributed by atoms with E-state index >= 15 is 0 Å². The Morgan fingerprint density at radius 2 is 2.31 bits per heavy atom. The minimum absolute atomic E-state index is 0.437. The van der Waals surface area contributed by atoms with Gasteiger partial charge in [0.25, 0.3) is 0 Å². The molecule has 2 aromatic heterocycles. The smallest absolute Gasteiger partial charge is 0.177 e. The van der Waals surface area contributed by atoms with E-state index < -0.39 is 0 Å². The molecule has 0 aromatic carbocycles. The van der Waals surface area contributed by atoms with Crippen molar-refractivity contribution in [1.29, 1.82) is 0 Å². The van der Waals surface area contributed by atoms with Gasteiger partial charge in [-0.05, 0) is 32.0 Å². The summed E-state index contributed by atoms with van der Waals surface area (Å²) in [4.78, 5) is 12.1. The molecule has 1 atom stereocenters. The molecule has 2 heterocycles. The van der Waals surface area contributed by atoms with Crippen molar-refractivity contribution in [3.05, 3.63) is 23.7 Å². The van der Waals surface area contributed by atoms with Crippen molar-refractivity contribution in [2.45, 2.75) is 33.2 Å². The Hall–Kier alpha value is -1.42. The molecule has 0 spiro atoms. The summed E-state index contributed by atoms with van der Waals surface area (Å²) < 4.78 is 0. The molecule has 0 saturated heterocycles. The number of pyridine rings is 1. The maximum atomic E-state index is 4.47. The largest absolute Gasteiger partial charge is 0.341 e. The van der Waals surface area contributed by atoms with Crippen LogP contribution in [0.1, 0.15) is 25.2 Å². The first-order chi connectivity index (χ1) is 7.69. The van der Waals surface area contributed by atoms with Crippen LogP contribution >= 0.6 is 0 Å². The molecule has 0 aliphatic carbocycles. The van der Waals surface area contributed by atoms with Crippen LogP contribution in [0.4, 0.5) is 0 Å². The van der Waals surface area contributed by atoms with Gasteiger partial charge in [-0.2, -0.15) is 0 Å². The van der Waals surface area contributed by atoms with Crippen molar-refractivity contribution >= 4 is 11.2 Å². The first-order valence-corrected chi connectivity index (χ1v) is 5.73. The second kappa shape index (κ2) is 4.61. The van der Waals surface area contributed by atoms with E-state index in [2.05, 4.69) is 40.2 Å². The van der Waals surface area contributed by atoms with E-state index in [1.54, 1.807) is 0 Å². The SMILES string of the molecule is CCNC(C)Cc1nc2ncc(C)cc2[nH]1. The molecule has 0 saturated carbocycles. The Kier molecular flexibility index (Phi) is 3.19. The maximum absolute atomic E-state index is 4.47. The van der Waals surface area contributed by atoms with Crippen molar-refractivity contribution in [2.24, 2.45) is 0 Å². The zero-order chi connectivity index (χ0) is 11.5. The number of H-pyrrole nitrogens is 1. The van der Waals surface area contributed by atoms with Gasteiger partial charge in [0.2, 0.25) is 0 Å². The van der Waals surface area contributed by atoms with E-state index in [4.69, 9.17) is 0 Å². The van der Waals surface area contributed by atoms with Gasteiger partial charge in [0, 0.05) is 18.7 Å². The third-order valence-corrected chi connectivity index (χ3v) is 2.58. The van der Waals surface area contributed by atoms with Gasteiger partial charge in [-0.15, -0.1) is 0 Å². The Labute approximate surface area is 95.5 Å². The fraction of sp³-hybridized carbons (Fsp3) is 0.500. The molecule has 0 aliphatic heterocycles. The summed E-state index contributed by atoms with van der Waals surface area (Å²) in [5.41, 5.74) is 2.99. The van der Waals surface area contributed by atoms with E-state index in [9.17, 15) is 0 Å². The average Bonchev–Trinajstić information content (AvgIpc) is 2.59. The number of hydrogen-bond donors (Lipinski definition) is 2. The monoisotopic (exact) mass is 218 g/mol. The quantitative estimate of drug-likeness (QED) is 0.823. The number of aromatic amines is 1. The van der Waals surface area contributed by atoms with Crippen LogP contribution < -0.4 is 5.32 Å². The van der Waals surface area contributed by atoms with Gasteiger partial charge < -0.3 is 10.3 Å². The number of aromatic nitrogens is 3. The Morgan fingerprint density at radius 1 is 1.50 bits per heavy atom. The molecule has 4 nitrogen and oxygen atoms in total. The van der Waals surface area contributed by atoms with Gasteiger partial charge in [-0.25, -0.2) is 9.97 Å². The van der Waals surface area contributed by atoms with Crippen LogP contribution in [-0.4, -0.2) is 27.5 Å². The van der Waals surface area contributed by atoms with E-state index in [1.165, 1.54) is 0 Å². The molecule has 0 bridgehead atoms. The summed E-state index contributed by atoms with van der Waals surface area (Å²) in [5.74, 6) is 1.00. The number of nitrogens with zero attached hydrogens (tertiary/aromatic N) is 2. The number of imidazole rings is 1. The standard InChI is InChI=1S/C12H18N4/c1-4-13-9(3)6-11-15-10-5-8(2)7-14-12(10)16-11/h5,7,9,13H,4,6H2,1-3H3,(H,14,15,16). The molecular weight excluding hydrogens is 200 g/mol.